The highest BCUT2D eigenvalue weighted by molar-refractivity contribution is 4.72. The van der Waals surface area contributed by atoms with E-state index >= 15 is 0 Å². The standard InChI is InChI=1S/C16H32O2/c1-2-3-4-5-6-10-13-18-14-16(17)15-11-8-7-9-12-15/h15-17H,2-14H2,1H3. The van der Waals surface area contributed by atoms with Crippen LogP contribution in [-0.2, 0) is 4.74 Å². The van der Waals surface area contributed by atoms with E-state index in [1.807, 2.05) is 0 Å². The van der Waals surface area contributed by atoms with Gasteiger partial charge in [0.15, 0.2) is 0 Å². The molecule has 1 aliphatic rings. The number of aliphatic hydroxyl groups is 1. The minimum Gasteiger partial charge on any atom is -0.390 e. The van der Waals surface area contributed by atoms with Crippen molar-refractivity contribution in [1.82, 2.24) is 0 Å². The highest BCUT2D eigenvalue weighted by Gasteiger charge is 2.21. The highest BCUT2D eigenvalue weighted by atomic mass is 16.5. The van der Waals surface area contributed by atoms with Crippen molar-refractivity contribution in [2.24, 2.45) is 5.92 Å². The first kappa shape index (κ1) is 16.0. The van der Waals surface area contributed by atoms with E-state index in [0.29, 0.717) is 12.5 Å². The molecule has 108 valence electrons. The third kappa shape index (κ3) is 7.38. The van der Waals surface area contributed by atoms with Gasteiger partial charge in [-0.05, 0) is 25.2 Å². The van der Waals surface area contributed by atoms with Gasteiger partial charge in [0, 0.05) is 6.61 Å². The van der Waals surface area contributed by atoms with Crippen molar-refractivity contribution in [2.45, 2.75) is 83.7 Å². The fraction of sp³-hybridized carbons (Fsp3) is 1.00. The Bertz CT molecular complexity index is 176. The molecule has 0 aromatic heterocycles. The van der Waals surface area contributed by atoms with Crippen LogP contribution >= 0.6 is 0 Å². The lowest BCUT2D eigenvalue weighted by Crippen LogP contribution is -2.27. The summed E-state index contributed by atoms with van der Waals surface area (Å²) < 4.78 is 5.61. The lowest BCUT2D eigenvalue weighted by molar-refractivity contribution is -0.00575. The third-order valence-electron chi connectivity index (χ3n) is 4.12. The molecule has 18 heavy (non-hydrogen) atoms. The zero-order valence-corrected chi connectivity index (χ0v) is 12.2. The fourth-order valence-electron chi connectivity index (χ4n) is 2.84. The van der Waals surface area contributed by atoms with Gasteiger partial charge in [-0.3, -0.25) is 0 Å². The average molecular weight is 256 g/mol. The van der Waals surface area contributed by atoms with Crippen molar-refractivity contribution >= 4 is 0 Å². The summed E-state index contributed by atoms with van der Waals surface area (Å²) in [6.07, 6.45) is 13.9. The van der Waals surface area contributed by atoms with E-state index in [4.69, 9.17) is 4.74 Å². The zero-order chi connectivity index (χ0) is 13.1. The Hall–Kier alpha value is -0.0800. The molecule has 2 nitrogen and oxygen atoms in total. The molecular weight excluding hydrogens is 224 g/mol. The van der Waals surface area contributed by atoms with E-state index in [2.05, 4.69) is 6.92 Å². The van der Waals surface area contributed by atoms with Crippen LogP contribution in [0.3, 0.4) is 0 Å². The van der Waals surface area contributed by atoms with Gasteiger partial charge in [0.1, 0.15) is 0 Å². The van der Waals surface area contributed by atoms with Crippen molar-refractivity contribution in [3.63, 3.8) is 0 Å². The van der Waals surface area contributed by atoms with Gasteiger partial charge >= 0.3 is 0 Å². The van der Waals surface area contributed by atoms with Crippen molar-refractivity contribution in [1.29, 1.82) is 0 Å². The fourth-order valence-corrected chi connectivity index (χ4v) is 2.84. The van der Waals surface area contributed by atoms with Gasteiger partial charge in [0.25, 0.3) is 0 Å². The molecule has 0 bridgehead atoms. The molecule has 0 heterocycles. The first-order valence-electron chi connectivity index (χ1n) is 8.10. The Kier molecular flexibility index (Phi) is 9.59. The Balaban J connectivity index is 1.87. The second-order valence-electron chi connectivity index (χ2n) is 5.81. The lowest BCUT2D eigenvalue weighted by Gasteiger charge is -2.26. The number of unbranched alkanes of at least 4 members (excludes halogenated alkanes) is 5. The van der Waals surface area contributed by atoms with Gasteiger partial charge in [0.05, 0.1) is 12.7 Å². The molecule has 0 aliphatic heterocycles. The highest BCUT2D eigenvalue weighted by Crippen LogP contribution is 2.26. The summed E-state index contributed by atoms with van der Waals surface area (Å²) in [5.74, 6) is 0.503. The van der Waals surface area contributed by atoms with E-state index in [-0.39, 0.29) is 6.10 Å². The van der Waals surface area contributed by atoms with Crippen LogP contribution < -0.4 is 0 Å². The molecule has 1 N–H and O–H groups in total. The molecule has 1 aliphatic carbocycles. The van der Waals surface area contributed by atoms with Crippen LogP contribution in [0.1, 0.15) is 77.6 Å². The summed E-state index contributed by atoms with van der Waals surface area (Å²) in [7, 11) is 0. The number of ether oxygens (including phenoxy) is 1. The van der Waals surface area contributed by atoms with Gasteiger partial charge in [-0.1, -0.05) is 58.3 Å². The molecule has 0 saturated heterocycles. The molecule has 0 aromatic carbocycles. The second-order valence-corrected chi connectivity index (χ2v) is 5.81. The minimum absolute atomic E-state index is 0.217. The quantitative estimate of drug-likeness (QED) is 0.590. The molecular formula is C16H32O2. The molecule has 0 amide bonds. The molecule has 1 atom stereocenters. The number of hydrogen-bond donors (Lipinski definition) is 1. The van der Waals surface area contributed by atoms with E-state index in [1.165, 1.54) is 64.2 Å². The smallest absolute Gasteiger partial charge is 0.0801 e. The maximum atomic E-state index is 10.0. The van der Waals surface area contributed by atoms with Gasteiger partial charge in [-0.2, -0.15) is 0 Å². The Morgan fingerprint density at radius 2 is 1.67 bits per heavy atom. The molecule has 0 aromatic rings. The van der Waals surface area contributed by atoms with E-state index in [1.54, 1.807) is 0 Å². The second kappa shape index (κ2) is 10.8. The topological polar surface area (TPSA) is 29.5 Å². The van der Waals surface area contributed by atoms with Crippen LogP contribution in [0, 0.1) is 5.92 Å². The number of hydrogen-bond acceptors (Lipinski definition) is 2. The van der Waals surface area contributed by atoms with Crippen LogP contribution in [0.25, 0.3) is 0 Å². The van der Waals surface area contributed by atoms with Gasteiger partial charge < -0.3 is 9.84 Å². The van der Waals surface area contributed by atoms with Crippen LogP contribution in [0.2, 0.25) is 0 Å². The van der Waals surface area contributed by atoms with Crippen LogP contribution in [-0.4, -0.2) is 24.4 Å². The molecule has 1 fully saturated rings. The summed E-state index contributed by atoms with van der Waals surface area (Å²) in [6.45, 7) is 3.63. The predicted octanol–water partition coefficient (Wildman–Crippen LogP) is 4.30. The summed E-state index contributed by atoms with van der Waals surface area (Å²) >= 11 is 0. The molecule has 1 rings (SSSR count). The van der Waals surface area contributed by atoms with Crippen molar-refractivity contribution in [3.8, 4) is 0 Å². The number of rotatable bonds is 10. The third-order valence-corrected chi connectivity index (χ3v) is 4.12. The molecule has 0 spiro atoms. The predicted molar refractivity (Wildman–Crippen MR) is 76.8 cm³/mol. The number of aliphatic hydroxyl groups excluding tert-OH is 1. The maximum absolute atomic E-state index is 10.0. The summed E-state index contributed by atoms with van der Waals surface area (Å²) in [6, 6.07) is 0. The van der Waals surface area contributed by atoms with Crippen molar-refractivity contribution in [2.75, 3.05) is 13.2 Å². The molecule has 1 saturated carbocycles. The van der Waals surface area contributed by atoms with E-state index < -0.39 is 0 Å². The van der Waals surface area contributed by atoms with Crippen LogP contribution in [0.5, 0.6) is 0 Å². The van der Waals surface area contributed by atoms with Crippen molar-refractivity contribution < 1.29 is 9.84 Å². The monoisotopic (exact) mass is 256 g/mol. The van der Waals surface area contributed by atoms with E-state index in [0.717, 1.165) is 13.0 Å². The molecule has 2 heteroatoms. The summed E-state index contributed by atoms with van der Waals surface area (Å²) in [5.41, 5.74) is 0. The molecule has 0 radical (unpaired) electrons. The van der Waals surface area contributed by atoms with Crippen LogP contribution in [0.4, 0.5) is 0 Å². The first-order valence-corrected chi connectivity index (χ1v) is 8.10. The SMILES string of the molecule is CCCCCCCCOCC(O)C1CCCCC1. The molecule has 1 unspecified atom stereocenters. The van der Waals surface area contributed by atoms with E-state index in [9.17, 15) is 5.11 Å². The largest absolute Gasteiger partial charge is 0.390 e. The average Bonchev–Trinajstić information content (AvgIpc) is 2.42. The normalized spacial score (nSPS) is 19.0. The first-order chi connectivity index (χ1) is 8.84. The maximum Gasteiger partial charge on any atom is 0.0801 e. The van der Waals surface area contributed by atoms with Gasteiger partial charge in [-0.15, -0.1) is 0 Å². The Labute approximate surface area is 113 Å². The van der Waals surface area contributed by atoms with Gasteiger partial charge in [-0.25, -0.2) is 0 Å². The van der Waals surface area contributed by atoms with Gasteiger partial charge in [0.2, 0.25) is 0 Å². The van der Waals surface area contributed by atoms with Crippen molar-refractivity contribution in [3.05, 3.63) is 0 Å². The summed E-state index contributed by atoms with van der Waals surface area (Å²) in [5, 5.41) is 10.0. The zero-order valence-electron chi connectivity index (χ0n) is 12.2. The van der Waals surface area contributed by atoms with Crippen LogP contribution in [0.15, 0.2) is 0 Å². The Morgan fingerprint density at radius 1 is 1.00 bits per heavy atom. The lowest BCUT2D eigenvalue weighted by atomic mass is 9.85. The summed E-state index contributed by atoms with van der Waals surface area (Å²) in [4.78, 5) is 0. The minimum atomic E-state index is -0.217. The Morgan fingerprint density at radius 3 is 2.39 bits per heavy atom.